The summed E-state index contributed by atoms with van der Waals surface area (Å²) >= 11 is 0. The maximum atomic E-state index is 13.6. The van der Waals surface area contributed by atoms with E-state index in [1.807, 2.05) is 6.92 Å². The summed E-state index contributed by atoms with van der Waals surface area (Å²) in [6.07, 6.45) is 1.67. The van der Waals surface area contributed by atoms with E-state index in [1.165, 1.54) is 6.07 Å². The van der Waals surface area contributed by atoms with Gasteiger partial charge in [-0.1, -0.05) is 12.1 Å². The summed E-state index contributed by atoms with van der Waals surface area (Å²) < 4.78 is 19.3. The molecule has 1 heterocycles. The van der Waals surface area contributed by atoms with Crippen molar-refractivity contribution < 1.29 is 13.9 Å². The van der Waals surface area contributed by atoms with E-state index in [1.54, 1.807) is 32.3 Å². The zero-order chi connectivity index (χ0) is 19.6. The van der Waals surface area contributed by atoms with Crippen molar-refractivity contribution in [3.05, 3.63) is 30.1 Å². The molecule has 3 N–H and O–H groups in total. The molecule has 2 rings (SSSR count). The van der Waals surface area contributed by atoms with Crippen LogP contribution in [0, 0.1) is 5.82 Å². The second kappa shape index (κ2) is 12.8. The van der Waals surface area contributed by atoms with Gasteiger partial charge in [-0.25, -0.2) is 4.39 Å². The third kappa shape index (κ3) is 8.17. The smallest absolute Gasteiger partial charge is 0.233 e. The normalized spacial score (nSPS) is 16.6. The maximum Gasteiger partial charge on any atom is 0.233 e. The Morgan fingerprint density at radius 2 is 2.04 bits per heavy atom. The molecule has 1 aliphatic heterocycles. The second-order valence-corrected chi connectivity index (χ2v) is 6.68. The first-order chi connectivity index (χ1) is 13.0. The van der Waals surface area contributed by atoms with Gasteiger partial charge in [0.2, 0.25) is 5.91 Å². The molecule has 1 unspecified atom stereocenters. The molecule has 1 aromatic carbocycles. The zero-order valence-corrected chi connectivity index (χ0v) is 19.0. The molecule has 0 bridgehead atoms. The quantitative estimate of drug-likeness (QED) is 0.297. The molecule has 0 aliphatic carbocycles. The predicted molar refractivity (Wildman–Crippen MR) is 120 cm³/mol. The number of nitrogens with zero attached hydrogens (tertiary/aromatic N) is 2. The number of halogens is 2. The Kier molecular flexibility index (Phi) is 11.1. The molecule has 1 aliphatic rings. The maximum absolute atomic E-state index is 13.6. The van der Waals surface area contributed by atoms with E-state index < -0.39 is 0 Å². The standard InChI is InChI=1S/C19H30FN5O2.HI/c1-14(27-17-7-5-4-6-16(17)20)12-23-19(22-3)24-15-8-10-25(11-9-15)13-18(26)21-2;/h4-7,14-15H,8-13H2,1-3H3,(H,21,26)(H2,22,23,24);1H. The molecule has 1 aromatic rings. The Hall–Kier alpha value is -1.62. The number of aliphatic imine (C=N–C) groups is 1. The Morgan fingerprint density at radius 3 is 2.64 bits per heavy atom. The number of carbonyl (C=O) groups is 1. The van der Waals surface area contributed by atoms with Crippen LogP contribution >= 0.6 is 24.0 Å². The van der Waals surface area contributed by atoms with Crippen molar-refractivity contribution in [3.8, 4) is 5.75 Å². The highest BCUT2D eigenvalue weighted by molar-refractivity contribution is 14.0. The minimum Gasteiger partial charge on any atom is -0.486 e. The van der Waals surface area contributed by atoms with Crippen molar-refractivity contribution in [2.45, 2.75) is 31.9 Å². The van der Waals surface area contributed by atoms with Gasteiger partial charge in [0.1, 0.15) is 6.10 Å². The van der Waals surface area contributed by atoms with E-state index in [2.05, 4.69) is 25.8 Å². The van der Waals surface area contributed by atoms with Crippen LogP contribution in [0.3, 0.4) is 0 Å². The minimum atomic E-state index is -0.365. The number of likely N-dealkylation sites (tertiary alicyclic amines) is 1. The van der Waals surface area contributed by atoms with Gasteiger partial charge in [-0.05, 0) is 31.9 Å². The number of ether oxygens (including phenoxy) is 1. The lowest BCUT2D eigenvalue weighted by atomic mass is 10.1. The average molecular weight is 507 g/mol. The third-order valence-corrected chi connectivity index (χ3v) is 4.52. The van der Waals surface area contributed by atoms with Crippen LogP contribution < -0.4 is 20.7 Å². The molecular formula is C19H31FIN5O2. The molecule has 0 spiro atoms. The molecule has 9 heteroatoms. The lowest BCUT2D eigenvalue weighted by Gasteiger charge is -2.32. The number of para-hydroxylation sites is 1. The minimum absolute atomic E-state index is 0. The van der Waals surface area contributed by atoms with E-state index in [4.69, 9.17) is 4.74 Å². The number of amides is 1. The number of guanidine groups is 1. The molecule has 1 amide bonds. The molecule has 1 fully saturated rings. The van der Waals surface area contributed by atoms with E-state index in [0.717, 1.165) is 25.9 Å². The van der Waals surface area contributed by atoms with Crippen LogP contribution in [0.5, 0.6) is 5.75 Å². The van der Waals surface area contributed by atoms with Crippen molar-refractivity contribution in [2.24, 2.45) is 4.99 Å². The third-order valence-electron chi connectivity index (χ3n) is 4.52. The lowest BCUT2D eigenvalue weighted by molar-refractivity contribution is -0.122. The Balaban J connectivity index is 0.00000392. The number of hydrogen-bond acceptors (Lipinski definition) is 4. The Morgan fingerprint density at radius 1 is 1.36 bits per heavy atom. The zero-order valence-electron chi connectivity index (χ0n) is 16.7. The van der Waals surface area contributed by atoms with Crippen molar-refractivity contribution in [1.82, 2.24) is 20.9 Å². The van der Waals surface area contributed by atoms with Gasteiger partial charge in [0.15, 0.2) is 17.5 Å². The highest BCUT2D eigenvalue weighted by Gasteiger charge is 2.21. The van der Waals surface area contributed by atoms with Gasteiger partial charge in [-0.2, -0.15) is 0 Å². The Labute approximate surface area is 183 Å². The molecule has 1 atom stereocenters. The largest absolute Gasteiger partial charge is 0.486 e. The first-order valence-electron chi connectivity index (χ1n) is 9.33. The second-order valence-electron chi connectivity index (χ2n) is 6.68. The fourth-order valence-electron chi connectivity index (χ4n) is 2.94. The van der Waals surface area contributed by atoms with E-state index in [9.17, 15) is 9.18 Å². The number of hydrogen-bond donors (Lipinski definition) is 3. The summed E-state index contributed by atoms with van der Waals surface area (Å²) in [6, 6.07) is 6.68. The highest BCUT2D eigenvalue weighted by Crippen LogP contribution is 2.16. The molecule has 28 heavy (non-hydrogen) atoms. The topological polar surface area (TPSA) is 78.0 Å². The van der Waals surface area contributed by atoms with Gasteiger partial charge in [0, 0.05) is 33.2 Å². The van der Waals surface area contributed by atoms with Crippen molar-refractivity contribution in [2.75, 3.05) is 40.3 Å². The molecule has 7 nitrogen and oxygen atoms in total. The summed E-state index contributed by atoms with van der Waals surface area (Å²) in [5.74, 6) is 0.625. The van der Waals surface area contributed by atoms with Crippen LogP contribution in [0.4, 0.5) is 4.39 Å². The number of nitrogens with one attached hydrogen (secondary N) is 3. The van der Waals surface area contributed by atoms with Crippen LogP contribution in [0.25, 0.3) is 0 Å². The summed E-state index contributed by atoms with van der Waals surface area (Å²) in [5.41, 5.74) is 0. The monoisotopic (exact) mass is 507 g/mol. The number of carbonyl (C=O) groups excluding carboxylic acids is 1. The van der Waals surface area contributed by atoms with Crippen LogP contribution in [-0.2, 0) is 4.79 Å². The van der Waals surface area contributed by atoms with E-state index >= 15 is 0 Å². The molecule has 1 saturated heterocycles. The fourth-order valence-corrected chi connectivity index (χ4v) is 2.94. The first kappa shape index (κ1) is 24.4. The van der Waals surface area contributed by atoms with Gasteiger partial charge in [-0.3, -0.25) is 14.7 Å². The summed E-state index contributed by atoms with van der Waals surface area (Å²) in [6.45, 7) is 4.57. The van der Waals surface area contributed by atoms with Crippen LogP contribution in [0.2, 0.25) is 0 Å². The van der Waals surface area contributed by atoms with Crippen molar-refractivity contribution >= 4 is 35.8 Å². The SMILES string of the molecule is CN=C(NCC(C)Oc1ccccc1F)NC1CCN(CC(=O)NC)CC1.I. The van der Waals surface area contributed by atoms with Crippen LogP contribution in [0.15, 0.2) is 29.3 Å². The Bertz CT molecular complexity index is 639. The number of likely N-dealkylation sites (N-methyl/N-ethyl adjacent to an activating group) is 1. The van der Waals surface area contributed by atoms with Crippen LogP contribution in [-0.4, -0.2) is 69.2 Å². The molecular weight excluding hydrogens is 476 g/mol. The number of benzene rings is 1. The van der Waals surface area contributed by atoms with Crippen molar-refractivity contribution in [1.29, 1.82) is 0 Å². The summed E-state index contributed by atoms with van der Waals surface area (Å²) in [4.78, 5) is 17.9. The van der Waals surface area contributed by atoms with E-state index in [-0.39, 0.29) is 47.6 Å². The van der Waals surface area contributed by atoms with Gasteiger partial charge in [-0.15, -0.1) is 24.0 Å². The molecule has 158 valence electrons. The lowest BCUT2D eigenvalue weighted by Crippen LogP contribution is -2.51. The average Bonchev–Trinajstić information content (AvgIpc) is 2.68. The molecule has 0 radical (unpaired) electrons. The summed E-state index contributed by atoms with van der Waals surface area (Å²) in [7, 11) is 3.38. The number of rotatable bonds is 7. The van der Waals surface area contributed by atoms with Crippen LogP contribution in [0.1, 0.15) is 19.8 Å². The number of piperidine rings is 1. The van der Waals surface area contributed by atoms with Gasteiger partial charge >= 0.3 is 0 Å². The van der Waals surface area contributed by atoms with Gasteiger partial charge in [0.05, 0.1) is 13.1 Å². The van der Waals surface area contributed by atoms with Gasteiger partial charge in [0.25, 0.3) is 0 Å². The molecule has 0 saturated carbocycles. The van der Waals surface area contributed by atoms with Crippen molar-refractivity contribution in [3.63, 3.8) is 0 Å². The van der Waals surface area contributed by atoms with Gasteiger partial charge < -0.3 is 20.7 Å². The fraction of sp³-hybridized carbons (Fsp3) is 0.579. The summed E-state index contributed by atoms with van der Waals surface area (Å²) in [5, 5.41) is 9.28. The van der Waals surface area contributed by atoms with E-state index in [0.29, 0.717) is 25.1 Å². The highest BCUT2D eigenvalue weighted by atomic mass is 127. The first-order valence-corrected chi connectivity index (χ1v) is 9.33. The molecule has 0 aromatic heterocycles. The predicted octanol–water partition coefficient (Wildman–Crippen LogP) is 1.59.